The van der Waals surface area contributed by atoms with Gasteiger partial charge in [0.2, 0.25) is 0 Å². The number of halogens is 1. The van der Waals surface area contributed by atoms with Crippen LogP contribution in [0.1, 0.15) is 17.5 Å². The molecule has 7 heteroatoms. The number of ether oxygens (including phenoxy) is 3. The Kier molecular flexibility index (Phi) is 6.87. The first kappa shape index (κ1) is 22.0. The summed E-state index contributed by atoms with van der Waals surface area (Å²) in [6.07, 6.45) is 2.59. The molecule has 1 aliphatic rings. The van der Waals surface area contributed by atoms with Gasteiger partial charge in [0.1, 0.15) is 5.82 Å². The highest BCUT2D eigenvalue weighted by Crippen LogP contribution is 2.36. The van der Waals surface area contributed by atoms with Crippen molar-refractivity contribution in [2.75, 3.05) is 52.3 Å². The predicted octanol–water partition coefficient (Wildman–Crippen LogP) is 4.13. The summed E-state index contributed by atoms with van der Waals surface area (Å²) < 4.78 is 31.5. The number of morpholine rings is 1. The highest BCUT2D eigenvalue weighted by molar-refractivity contribution is 5.97. The third-order valence-electron chi connectivity index (χ3n) is 5.65. The van der Waals surface area contributed by atoms with Crippen LogP contribution < -0.4 is 15.2 Å². The van der Waals surface area contributed by atoms with Crippen molar-refractivity contribution >= 4 is 22.2 Å². The second-order valence-electron chi connectivity index (χ2n) is 7.75. The zero-order valence-corrected chi connectivity index (χ0v) is 18.3. The number of hydrogen-bond donors (Lipinski definition) is 1. The lowest BCUT2D eigenvalue weighted by atomic mass is 9.95. The zero-order valence-electron chi connectivity index (χ0n) is 18.3. The molecular formula is C25H28FN3O3. The quantitative estimate of drug-likeness (QED) is 0.422. The molecule has 32 heavy (non-hydrogen) atoms. The first-order valence-corrected chi connectivity index (χ1v) is 10.7. The minimum absolute atomic E-state index is 0.371. The molecule has 1 saturated heterocycles. The summed E-state index contributed by atoms with van der Waals surface area (Å²) in [4.78, 5) is 6.85. The van der Waals surface area contributed by atoms with Crippen LogP contribution in [-0.2, 0) is 4.74 Å². The van der Waals surface area contributed by atoms with Gasteiger partial charge in [0.05, 0.1) is 32.4 Å². The van der Waals surface area contributed by atoms with E-state index in [9.17, 15) is 4.39 Å². The fourth-order valence-electron chi connectivity index (χ4n) is 3.91. The second-order valence-corrected chi connectivity index (χ2v) is 7.75. The van der Waals surface area contributed by atoms with Crippen LogP contribution in [0.2, 0.25) is 0 Å². The van der Waals surface area contributed by atoms with Crippen LogP contribution in [0.4, 0.5) is 10.1 Å². The molecule has 6 nitrogen and oxygen atoms in total. The zero-order chi connectivity index (χ0) is 22.5. The summed E-state index contributed by atoms with van der Waals surface area (Å²) in [6, 6.07) is 10.2. The molecular weight excluding hydrogens is 409 g/mol. The highest BCUT2D eigenvalue weighted by atomic mass is 19.1. The number of pyridine rings is 1. The Morgan fingerprint density at radius 2 is 1.97 bits per heavy atom. The van der Waals surface area contributed by atoms with E-state index in [2.05, 4.69) is 16.5 Å². The average Bonchev–Trinajstić information content (AvgIpc) is 2.81. The van der Waals surface area contributed by atoms with Gasteiger partial charge < -0.3 is 19.9 Å². The Morgan fingerprint density at radius 3 is 2.72 bits per heavy atom. The van der Waals surface area contributed by atoms with Crippen LogP contribution in [0.25, 0.3) is 16.5 Å². The number of fused-ring (bicyclic) bond motifs is 1. The van der Waals surface area contributed by atoms with E-state index in [4.69, 9.17) is 19.9 Å². The van der Waals surface area contributed by atoms with Gasteiger partial charge in [-0.15, -0.1) is 0 Å². The molecule has 0 radical (unpaired) electrons. The number of hydrogen-bond acceptors (Lipinski definition) is 6. The summed E-state index contributed by atoms with van der Waals surface area (Å²) in [6.45, 7) is 9.17. The number of nitrogen functional groups attached to an aromatic ring is 1. The molecule has 0 bridgehead atoms. The van der Waals surface area contributed by atoms with Crippen molar-refractivity contribution in [3.8, 4) is 11.5 Å². The molecule has 0 atom stereocenters. The summed E-state index contributed by atoms with van der Waals surface area (Å²) in [5.41, 5.74) is 8.51. The average molecular weight is 438 g/mol. The lowest BCUT2D eigenvalue weighted by Crippen LogP contribution is -2.37. The smallest absolute Gasteiger partial charge is 0.163 e. The minimum atomic E-state index is -0.410. The molecule has 0 spiro atoms. The van der Waals surface area contributed by atoms with E-state index in [1.165, 1.54) is 6.07 Å². The van der Waals surface area contributed by atoms with Crippen LogP contribution in [0.3, 0.4) is 0 Å². The maximum absolute atomic E-state index is 14.5. The number of anilines is 1. The second kappa shape index (κ2) is 9.97. The van der Waals surface area contributed by atoms with Crippen molar-refractivity contribution in [2.24, 2.45) is 0 Å². The summed E-state index contributed by atoms with van der Waals surface area (Å²) in [5, 5.41) is 0.811. The maximum atomic E-state index is 14.5. The van der Waals surface area contributed by atoms with Crippen LogP contribution in [0.15, 0.2) is 49.2 Å². The monoisotopic (exact) mass is 437 g/mol. The Balaban J connectivity index is 1.54. The number of benzene rings is 2. The fourth-order valence-corrected chi connectivity index (χ4v) is 3.91. The standard InChI is InChI=1S/C25H28FN3O3/c1-17(20-5-4-18(27)14-22(20)26)19-6-7-28-23-16-25(24(30-2)15-21(19)23)32-11-3-8-29-9-12-31-13-10-29/h4-7,14-16H,1,3,8-13,27H2,2H3. The van der Waals surface area contributed by atoms with Crippen molar-refractivity contribution in [1.82, 2.24) is 9.88 Å². The first-order chi connectivity index (χ1) is 15.6. The molecule has 2 N–H and O–H groups in total. The lowest BCUT2D eigenvalue weighted by molar-refractivity contribution is 0.0357. The minimum Gasteiger partial charge on any atom is -0.493 e. The Hall–Kier alpha value is -3.16. The SMILES string of the molecule is C=C(c1ccc(N)cc1F)c1ccnc2cc(OCCCN3CCOCC3)c(OC)cc12. The van der Waals surface area contributed by atoms with Gasteiger partial charge in [0.15, 0.2) is 11.5 Å². The molecule has 1 aromatic heterocycles. The molecule has 3 aromatic rings. The van der Waals surface area contributed by atoms with Crippen LogP contribution in [-0.4, -0.2) is 56.4 Å². The lowest BCUT2D eigenvalue weighted by Gasteiger charge is -2.26. The van der Waals surface area contributed by atoms with Gasteiger partial charge in [0, 0.05) is 48.5 Å². The third-order valence-corrected chi connectivity index (χ3v) is 5.65. The number of nitrogens with two attached hydrogens (primary N) is 1. The molecule has 0 aliphatic carbocycles. The van der Waals surface area contributed by atoms with Gasteiger partial charge in [-0.1, -0.05) is 6.58 Å². The third kappa shape index (κ3) is 4.84. The number of methoxy groups -OCH3 is 1. The van der Waals surface area contributed by atoms with Crippen molar-refractivity contribution in [1.29, 1.82) is 0 Å². The van der Waals surface area contributed by atoms with E-state index in [1.54, 1.807) is 25.4 Å². The van der Waals surface area contributed by atoms with E-state index >= 15 is 0 Å². The van der Waals surface area contributed by atoms with Gasteiger partial charge in [-0.25, -0.2) is 4.39 Å². The summed E-state index contributed by atoms with van der Waals surface area (Å²) in [5.74, 6) is 0.826. The molecule has 0 saturated carbocycles. The molecule has 1 fully saturated rings. The van der Waals surface area contributed by atoms with Crippen molar-refractivity contribution in [3.63, 3.8) is 0 Å². The van der Waals surface area contributed by atoms with E-state index in [-0.39, 0.29) is 0 Å². The normalized spacial score (nSPS) is 14.4. The van der Waals surface area contributed by atoms with E-state index in [1.807, 2.05) is 18.2 Å². The predicted molar refractivity (Wildman–Crippen MR) is 125 cm³/mol. The summed E-state index contributed by atoms with van der Waals surface area (Å²) in [7, 11) is 1.60. The molecule has 4 rings (SSSR count). The van der Waals surface area contributed by atoms with Crippen LogP contribution in [0, 0.1) is 5.82 Å². The van der Waals surface area contributed by atoms with Gasteiger partial charge in [-0.05, 0) is 47.9 Å². The number of nitrogens with zero attached hydrogens (tertiary/aromatic N) is 2. The largest absolute Gasteiger partial charge is 0.493 e. The molecule has 2 aromatic carbocycles. The van der Waals surface area contributed by atoms with Gasteiger partial charge in [-0.3, -0.25) is 9.88 Å². The molecule has 0 unspecified atom stereocenters. The van der Waals surface area contributed by atoms with Gasteiger partial charge >= 0.3 is 0 Å². The van der Waals surface area contributed by atoms with E-state index < -0.39 is 5.82 Å². The van der Waals surface area contributed by atoms with E-state index in [0.717, 1.165) is 55.7 Å². The molecule has 1 aliphatic heterocycles. The molecule has 168 valence electrons. The topological polar surface area (TPSA) is 69.8 Å². The van der Waals surface area contributed by atoms with Crippen molar-refractivity contribution in [3.05, 3.63) is 66.1 Å². The van der Waals surface area contributed by atoms with Crippen LogP contribution >= 0.6 is 0 Å². The maximum Gasteiger partial charge on any atom is 0.163 e. The number of aromatic nitrogens is 1. The molecule has 0 amide bonds. The first-order valence-electron chi connectivity index (χ1n) is 10.7. The number of rotatable bonds is 8. The Labute approximate surface area is 187 Å². The summed E-state index contributed by atoms with van der Waals surface area (Å²) >= 11 is 0. The van der Waals surface area contributed by atoms with Crippen molar-refractivity contribution < 1.29 is 18.6 Å². The Bertz CT molecular complexity index is 1110. The Morgan fingerprint density at radius 1 is 1.16 bits per heavy atom. The molecule has 2 heterocycles. The van der Waals surface area contributed by atoms with Crippen LogP contribution in [0.5, 0.6) is 11.5 Å². The van der Waals surface area contributed by atoms with Crippen molar-refractivity contribution in [2.45, 2.75) is 6.42 Å². The highest BCUT2D eigenvalue weighted by Gasteiger charge is 2.16. The van der Waals surface area contributed by atoms with E-state index in [0.29, 0.717) is 34.9 Å². The van der Waals surface area contributed by atoms with Gasteiger partial charge in [-0.2, -0.15) is 0 Å². The van der Waals surface area contributed by atoms with Gasteiger partial charge in [0.25, 0.3) is 0 Å². The fraction of sp³-hybridized carbons (Fsp3) is 0.320.